The second-order valence-electron chi connectivity index (χ2n) is 3.29. The minimum absolute atomic E-state index is 0.0600. The van der Waals surface area contributed by atoms with Gasteiger partial charge in [-0.05, 0) is 24.3 Å². The summed E-state index contributed by atoms with van der Waals surface area (Å²) < 4.78 is 27.9. The Morgan fingerprint density at radius 2 is 1.94 bits per heavy atom. The quantitative estimate of drug-likeness (QED) is 0.681. The minimum Gasteiger partial charge on any atom is -0.435 e. The van der Waals surface area contributed by atoms with E-state index in [4.69, 9.17) is 11.5 Å². The number of halogens is 2. The van der Waals surface area contributed by atoms with E-state index in [1.165, 1.54) is 24.3 Å². The van der Waals surface area contributed by atoms with Crippen LogP contribution < -0.4 is 21.5 Å². The maximum absolute atomic E-state index is 11.9. The zero-order valence-electron chi connectivity index (χ0n) is 8.90. The number of rotatable bonds is 6. The molecule has 1 rings (SSSR count). The molecule has 5 nitrogen and oxygen atoms in total. The van der Waals surface area contributed by atoms with Crippen molar-refractivity contribution in [2.45, 2.75) is 12.7 Å². The molecular weight excluding hydrogens is 232 g/mol. The molecule has 0 saturated carbocycles. The van der Waals surface area contributed by atoms with E-state index in [2.05, 4.69) is 10.1 Å². The molecule has 7 heteroatoms. The maximum atomic E-state index is 11.9. The van der Waals surface area contributed by atoms with Gasteiger partial charge in [-0.2, -0.15) is 8.78 Å². The average molecular weight is 245 g/mol. The number of hydrogen-bond donors (Lipinski definition) is 3. The van der Waals surface area contributed by atoms with Crippen LogP contribution in [0, 0.1) is 0 Å². The zero-order chi connectivity index (χ0) is 12.8. The van der Waals surface area contributed by atoms with Crippen LogP contribution in [0.5, 0.6) is 5.75 Å². The summed E-state index contributed by atoms with van der Waals surface area (Å²) in [6.07, 6.45) is 0. The predicted molar refractivity (Wildman–Crippen MR) is 58.7 cm³/mol. The smallest absolute Gasteiger partial charge is 0.387 e. The number of anilines is 1. The van der Waals surface area contributed by atoms with Gasteiger partial charge in [0.1, 0.15) is 11.8 Å². The lowest BCUT2D eigenvalue weighted by Gasteiger charge is -2.11. The SMILES string of the molecule is NC(=O)C(N)CNc1ccc(OC(F)F)cc1. The fourth-order valence-electron chi connectivity index (χ4n) is 1.08. The van der Waals surface area contributed by atoms with E-state index in [9.17, 15) is 13.6 Å². The molecule has 0 radical (unpaired) electrons. The Bertz CT molecular complexity index is 370. The second kappa shape index (κ2) is 6.00. The first-order valence-electron chi connectivity index (χ1n) is 4.82. The molecule has 0 aromatic heterocycles. The molecule has 17 heavy (non-hydrogen) atoms. The van der Waals surface area contributed by atoms with Crippen LogP contribution in [0.3, 0.4) is 0 Å². The number of carbonyl (C=O) groups excluding carboxylic acids is 1. The summed E-state index contributed by atoms with van der Waals surface area (Å²) in [6, 6.07) is 5.03. The lowest BCUT2D eigenvalue weighted by Crippen LogP contribution is -2.41. The number of hydrogen-bond acceptors (Lipinski definition) is 4. The van der Waals surface area contributed by atoms with Gasteiger partial charge < -0.3 is 21.5 Å². The van der Waals surface area contributed by atoms with Gasteiger partial charge in [-0.3, -0.25) is 4.79 Å². The number of benzene rings is 1. The van der Waals surface area contributed by atoms with Crippen LogP contribution in [0.25, 0.3) is 0 Å². The van der Waals surface area contributed by atoms with Crippen molar-refractivity contribution in [3.8, 4) is 5.75 Å². The van der Waals surface area contributed by atoms with Crippen LogP contribution >= 0.6 is 0 Å². The summed E-state index contributed by atoms with van der Waals surface area (Å²) in [4.78, 5) is 10.6. The Hall–Kier alpha value is -1.89. The van der Waals surface area contributed by atoms with Crippen molar-refractivity contribution < 1.29 is 18.3 Å². The second-order valence-corrected chi connectivity index (χ2v) is 3.29. The van der Waals surface area contributed by atoms with Crippen LogP contribution in [0.1, 0.15) is 0 Å². The van der Waals surface area contributed by atoms with Crippen molar-refractivity contribution in [1.29, 1.82) is 0 Å². The van der Waals surface area contributed by atoms with Crippen LogP contribution in [-0.2, 0) is 4.79 Å². The fraction of sp³-hybridized carbons (Fsp3) is 0.300. The normalized spacial score (nSPS) is 12.2. The molecule has 0 aliphatic carbocycles. The van der Waals surface area contributed by atoms with E-state index in [0.717, 1.165) is 0 Å². The topological polar surface area (TPSA) is 90.4 Å². The summed E-state index contributed by atoms with van der Waals surface area (Å²) in [5.41, 5.74) is 11.0. The highest BCUT2D eigenvalue weighted by atomic mass is 19.3. The van der Waals surface area contributed by atoms with Gasteiger partial charge in [-0.25, -0.2) is 0 Å². The average Bonchev–Trinajstić information content (AvgIpc) is 2.26. The summed E-state index contributed by atoms with van der Waals surface area (Å²) >= 11 is 0. The molecule has 5 N–H and O–H groups in total. The number of amides is 1. The van der Waals surface area contributed by atoms with Crippen LogP contribution in [0.2, 0.25) is 0 Å². The van der Waals surface area contributed by atoms with E-state index in [1.54, 1.807) is 0 Å². The van der Waals surface area contributed by atoms with Gasteiger partial charge in [0.15, 0.2) is 0 Å². The lowest BCUT2D eigenvalue weighted by molar-refractivity contribution is -0.118. The minimum atomic E-state index is -2.85. The molecule has 1 aromatic rings. The number of carbonyl (C=O) groups is 1. The number of primary amides is 1. The molecule has 94 valence electrons. The number of nitrogens with one attached hydrogen (secondary N) is 1. The third-order valence-corrected chi connectivity index (χ3v) is 1.97. The van der Waals surface area contributed by atoms with Crippen molar-refractivity contribution >= 4 is 11.6 Å². The Balaban J connectivity index is 2.48. The molecule has 0 aliphatic heterocycles. The first-order valence-corrected chi connectivity index (χ1v) is 4.82. The zero-order valence-corrected chi connectivity index (χ0v) is 8.90. The third-order valence-electron chi connectivity index (χ3n) is 1.97. The number of alkyl halides is 2. The molecule has 0 spiro atoms. The molecule has 1 atom stereocenters. The van der Waals surface area contributed by atoms with E-state index in [-0.39, 0.29) is 12.3 Å². The Morgan fingerprint density at radius 1 is 1.35 bits per heavy atom. The van der Waals surface area contributed by atoms with Gasteiger partial charge in [0.2, 0.25) is 5.91 Å². The number of ether oxygens (including phenoxy) is 1. The molecule has 0 aliphatic rings. The Labute approximate surface area is 96.7 Å². The van der Waals surface area contributed by atoms with Crippen molar-refractivity contribution in [1.82, 2.24) is 0 Å². The molecule has 1 aromatic carbocycles. The van der Waals surface area contributed by atoms with Gasteiger partial charge in [0.25, 0.3) is 0 Å². The highest BCUT2D eigenvalue weighted by Gasteiger charge is 2.08. The van der Waals surface area contributed by atoms with Gasteiger partial charge in [-0.15, -0.1) is 0 Å². The largest absolute Gasteiger partial charge is 0.435 e. The third kappa shape index (κ3) is 4.64. The molecule has 0 saturated heterocycles. The highest BCUT2D eigenvalue weighted by Crippen LogP contribution is 2.17. The first-order chi connectivity index (χ1) is 7.99. The van der Waals surface area contributed by atoms with E-state index >= 15 is 0 Å². The van der Waals surface area contributed by atoms with Crippen molar-refractivity contribution in [3.63, 3.8) is 0 Å². The summed E-state index contributed by atoms with van der Waals surface area (Å²) in [5.74, 6) is -0.556. The van der Waals surface area contributed by atoms with E-state index in [0.29, 0.717) is 5.69 Å². The van der Waals surface area contributed by atoms with Crippen LogP contribution in [0.15, 0.2) is 24.3 Å². The van der Waals surface area contributed by atoms with Crippen LogP contribution in [0.4, 0.5) is 14.5 Å². The fourth-order valence-corrected chi connectivity index (χ4v) is 1.08. The molecular formula is C10H13F2N3O2. The number of nitrogens with two attached hydrogens (primary N) is 2. The lowest BCUT2D eigenvalue weighted by atomic mass is 10.2. The first kappa shape index (κ1) is 13.2. The van der Waals surface area contributed by atoms with Gasteiger partial charge in [0.05, 0.1) is 0 Å². The maximum Gasteiger partial charge on any atom is 0.387 e. The van der Waals surface area contributed by atoms with Crippen molar-refractivity contribution in [2.75, 3.05) is 11.9 Å². The molecule has 0 bridgehead atoms. The molecule has 0 heterocycles. The van der Waals surface area contributed by atoms with Gasteiger partial charge in [0, 0.05) is 12.2 Å². The molecule has 1 unspecified atom stereocenters. The Morgan fingerprint density at radius 3 is 2.41 bits per heavy atom. The summed E-state index contributed by atoms with van der Waals surface area (Å²) in [5, 5.41) is 2.84. The highest BCUT2D eigenvalue weighted by molar-refractivity contribution is 5.80. The van der Waals surface area contributed by atoms with Gasteiger partial charge in [-0.1, -0.05) is 0 Å². The van der Waals surface area contributed by atoms with E-state index in [1.807, 2.05) is 0 Å². The standard InChI is InChI=1S/C10H13F2N3O2/c11-10(12)17-7-3-1-6(2-4-7)15-5-8(13)9(14)16/h1-4,8,10,15H,5,13H2,(H2,14,16). The summed E-state index contributed by atoms with van der Waals surface area (Å²) in [6.45, 7) is -2.68. The molecule has 1 amide bonds. The summed E-state index contributed by atoms with van der Waals surface area (Å²) in [7, 11) is 0. The Kier molecular flexibility index (Phi) is 4.65. The van der Waals surface area contributed by atoms with Gasteiger partial charge >= 0.3 is 6.61 Å². The predicted octanol–water partition coefficient (Wildman–Crippen LogP) is 0.512. The van der Waals surface area contributed by atoms with Crippen molar-refractivity contribution in [2.24, 2.45) is 11.5 Å². The van der Waals surface area contributed by atoms with Crippen LogP contribution in [-0.4, -0.2) is 25.1 Å². The monoisotopic (exact) mass is 245 g/mol. The van der Waals surface area contributed by atoms with E-state index < -0.39 is 18.6 Å². The van der Waals surface area contributed by atoms with Crippen molar-refractivity contribution in [3.05, 3.63) is 24.3 Å². The molecule has 0 fully saturated rings.